The number of rotatable bonds is 4. The van der Waals surface area contributed by atoms with Crippen LogP contribution in [0.5, 0.6) is 0 Å². The van der Waals surface area contributed by atoms with Gasteiger partial charge >= 0.3 is 5.97 Å². The van der Waals surface area contributed by atoms with Crippen molar-refractivity contribution in [3.8, 4) is 0 Å². The van der Waals surface area contributed by atoms with Crippen LogP contribution in [-0.2, 0) is 4.79 Å². The molecule has 0 unspecified atom stereocenters. The first-order valence-corrected chi connectivity index (χ1v) is 5.83. The Morgan fingerprint density at radius 2 is 2.12 bits per heavy atom. The maximum Gasteiger partial charge on any atom is 0.326 e. The number of carbonyl (C=O) groups excluding carboxylic acids is 1. The van der Waals surface area contributed by atoms with Crippen LogP contribution in [0.4, 0.5) is 5.69 Å². The average molecular weight is 301 g/mol. The molecule has 0 spiro atoms. The van der Waals surface area contributed by atoms with E-state index in [-0.39, 0.29) is 0 Å². The molecule has 1 atom stereocenters. The minimum absolute atomic E-state index is 0.324. The number of hydrogen-bond donors (Lipinski definition) is 3. The predicted molar refractivity (Wildman–Crippen MR) is 67.7 cm³/mol. The Morgan fingerprint density at radius 3 is 2.59 bits per heavy atom. The van der Waals surface area contributed by atoms with Crippen molar-refractivity contribution in [1.29, 1.82) is 0 Å². The molecular formula is C11H13BrN2O3. The fourth-order valence-electron chi connectivity index (χ4n) is 1.32. The van der Waals surface area contributed by atoms with Gasteiger partial charge in [-0.05, 0) is 24.6 Å². The van der Waals surface area contributed by atoms with E-state index < -0.39 is 17.9 Å². The summed E-state index contributed by atoms with van der Waals surface area (Å²) < 4.78 is 0.672. The topological polar surface area (TPSA) is 92.4 Å². The molecule has 1 amide bonds. The number of amides is 1. The molecule has 6 heteroatoms. The van der Waals surface area contributed by atoms with Gasteiger partial charge in [0.15, 0.2) is 0 Å². The van der Waals surface area contributed by atoms with Crippen molar-refractivity contribution in [1.82, 2.24) is 5.32 Å². The molecule has 0 radical (unpaired) electrons. The van der Waals surface area contributed by atoms with E-state index in [0.29, 0.717) is 22.1 Å². The third-order valence-corrected chi connectivity index (χ3v) is 2.65. The number of aliphatic carboxylic acids is 1. The molecule has 1 aromatic rings. The van der Waals surface area contributed by atoms with E-state index in [4.69, 9.17) is 10.8 Å². The van der Waals surface area contributed by atoms with Gasteiger partial charge in [-0.15, -0.1) is 0 Å². The van der Waals surface area contributed by atoms with Crippen molar-refractivity contribution in [2.45, 2.75) is 19.4 Å². The lowest BCUT2D eigenvalue weighted by Crippen LogP contribution is -2.40. The Morgan fingerprint density at radius 1 is 1.47 bits per heavy atom. The molecule has 0 aromatic heterocycles. The number of carboxylic acids is 1. The predicted octanol–water partition coefficient (Wildman–Crippen LogP) is 1.62. The number of carboxylic acid groups (broad SMARTS) is 1. The average Bonchev–Trinajstić information content (AvgIpc) is 2.23. The van der Waals surface area contributed by atoms with Crippen LogP contribution in [0.2, 0.25) is 0 Å². The lowest BCUT2D eigenvalue weighted by molar-refractivity contribution is -0.139. The highest BCUT2D eigenvalue weighted by Crippen LogP contribution is 2.17. The molecule has 1 rings (SSSR count). The number of nitrogen functional groups attached to an aromatic ring is 1. The summed E-state index contributed by atoms with van der Waals surface area (Å²) in [4.78, 5) is 22.6. The van der Waals surface area contributed by atoms with E-state index >= 15 is 0 Å². The van der Waals surface area contributed by atoms with Gasteiger partial charge in [0.2, 0.25) is 0 Å². The molecule has 0 saturated heterocycles. The molecule has 0 fully saturated rings. The van der Waals surface area contributed by atoms with Crippen LogP contribution in [0, 0.1) is 0 Å². The molecule has 92 valence electrons. The van der Waals surface area contributed by atoms with Crippen LogP contribution >= 0.6 is 15.9 Å². The van der Waals surface area contributed by atoms with E-state index in [1.54, 1.807) is 19.1 Å². The van der Waals surface area contributed by atoms with E-state index in [2.05, 4.69) is 21.2 Å². The second-order valence-corrected chi connectivity index (χ2v) is 4.46. The maximum absolute atomic E-state index is 11.8. The van der Waals surface area contributed by atoms with Gasteiger partial charge in [-0.3, -0.25) is 4.79 Å². The van der Waals surface area contributed by atoms with Crippen molar-refractivity contribution in [2.75, 3.05) is 5.73 Å². The number of anilines is 1. The Bertz CT molecular complexity index is 428. The third kappa shape index (κ3) is 3.74. The highest BCUT2D eigenvalue weighted by molar-refractivity contribution is 9.10. The Kier molecular flexibility index (Phi) is 4.51. The van der Waals surface area contributed by atoms with Crippen LogP contribution in [0.15, 0.2) is 22.7 Å². The largest absolute Gasteiger partial charge is 0.480 e. The minimum Gasteiger partial charge on any atom is -0.480 e. The van der Waals surface area contributed by atoms with Crippen LogP contribution < -0.4 is 11.1 Å². The summed E-state index contributed by atoms with van der Waals surface area (Å²) in [6.45, 7) is 1.69. The lowest BCUT2D eigenvalue weighted by Gasteiger charge is -2.12. The zero-order chi connectivity index (χ0) is 13.0. The summed E-state index contributed by atoms with van der Waals surface area (Å²) >= 11 is 3.22. The van der Waals surface area contributed by atoms with Crippen LogP contribution in [0.3, 0.4) is 0 Å². The molecule has 0 aliphatic rings. The molecule has 0 saturated carbocycles. The summed E-state index contributed by atoms with van der Waals surface area (Å²) in [6.07, 6.45) is 0.324. The molecular weight excluding hydrogens is 288 g/mol. The smallest absolute Gasteiger partial charge is 0.326 e. The molecule has 0 heterocycles. The minimum atomic E-state index is -1.05. The number of nitrogens with one attached hydrogen (secondary N) is 1. The van der Waals surface area contributed by atoms with Gasteiger partial charge in [0.25, 0.3) is 5.91 Å². The zero-order valence-electron chi connectivity index (χ0n) is 9.24. The van der Waals surface area contributed by atoms with E-state index in [9.17, 15) is 9.59 Å². The van der Waals surface area contributed by atoms with Crippen LogP contribution in [-0.4, -0.2) is 23.0 Å². The second kappa shape index (κ2) is 5.67. The molecule has 0 bridgehead atoms. The van der Waals surface area contributed by atoms with Crippen LogP contribution in [0.1, 0.15) is 23.7 Å². The highest BCUT2D eigenvalue weighted by Gasteiger charge is 2.18. The fraction of sp³-hybridized carbons (Fsp3) is 0.273. The molecule has 0 aliphatic carbocycles. The maximum atomic E-state index is 11.8. The second-order valence-electron chi connectivity index (χ2n) is 3.55. The monoisotopic (exact) mass is 300 g/mol. The van der Waals surface area contributed by atoms with Crippen molar-refractivity contribution < 1.29 is 14.7 Å². The van der Waals surface area contributed by atoms with Gasteiger partial charge < -0.3 is 16.2 Å². The first-order valence-electron chi connectivity index (χ1n) is 5.03. The van der Waals surface area contributed by atoms with Gasteiger partial charge in [-0.25, -0.2) is 4.79 Å². The quantitative estimate of drug-likeness (QED) is 0.737. The Labute approximate surface area is 107 Å². The molecule has 17 heavy (non-hydrogen) atoms. The van der Waals surface area contributed by atoms with E-state index in [0.717, 1.165) is 0 Å². The van der Waals surface area contributed by atoms with Crippen molar-refractivity contribution in [3.63, 3.8) is 0 Å². The Hall–Kier alpha value is -1.56. The number of benzene rings is 1. The molecule has 5 nitrogen and oxygen atoms in total. The summed E-state index contributed by atoms with van der Waals surface area (Å²) in [5, 5.41) is 11.3. The first kappa shape index (κ1) is 13.5. The normalized spacial score (nSPS) is 11.9. The fourth-order valence-corrected chi connectivity index (χ4v) is 1.83. The van der Waals surface area contributed by atoms with Crippen molar-refractivity contribution >= 4 is 33.5 Å². The lowest BCUT2D eigenvalue weighted by atomic mass is 10.1. The van der Waals surface area contributed by atoms with Crippen LogP contribution in [0.25, 0.3) is 0 Å². The third-order valence-electron chi connectivity index (χ3n) is 2.19. The summed E-state index contributed by atoms with van der Waals surface area (Å²) in [6, 6.07) is 3.85. The number of carbonyl (C=O) groups is 2. The standard InChI is InChI=1S/C11H13BrN2O3/c1-2-9(11(16)17)14-10(15)6-3-7(12)5-8(13)4-6/h3-5,9H,2,13H2,1H3,(H,14,15)(H,16,17)/t9-/m1/s1. The van der Waals surface area contributed by atoms with Crippen molar-refractivity contribution in [3.05, 3.63) is 28.2 Å². The van der Waals surface area contributed by atoms with E-state index in [1.165, 1.54) is 6.07 Å². The van der Waals surface area contributed by atoms with Gasteiger partial charge in [0, 0.05) is 15.7 Å². The first-order chi connectivity index (χ1) is 7.93. The number of halogens is 1. The van der Waals surface area contributed by atoms with E-state index in [1.807, 2.05) is 0 Å². The number of hydrogen-bond acceptors (Lipinski definition) is 3. The number of nitrogens with two attached hydrogens (primary N) is 1. The highest BCUT2D eigenvalue weighted by atomic mass is 79.9. The summed E-state index contributed by atoms with van der Waals surface area (Å²) in [5.74, 6) is -1.50. The molecule has 1 aromatic carbocycles. The Balaban J connectivity index is 2.86. The molecule has 4 N–H and O–H groups in total. The van der Waals surface area contributed by atoms with Gasteiger partial charge in [0.1, 0.15) is 6.04 Å². The summed E-state index contributed by atoms with van der Waals surface area (Å²) in [7, 11) is 0. The summed E-state index contributed by atoms with van der Waals surface area (Å²) in [5.41, 5.74) is 6.36. The van der Waals surface area contributed by atoms with Gasteiger partial charge in [0.05, 0.1) is 0 Å². The van der Waals surface area contributed by atoms with Gasteiger partial charge in [-0.2, -0.15) is 0 Å². The van der Waals surface area contributed by atoms with Gasteiger partial charge in [-0.1, -0.05) is 22.9 Å². The molecule has 0 aliphatic heterocycles. The zero-order valence-corrected chi connectivity index (χ0v) is 10.8. The van der Waals surface area contributed by atoms with Crippen molar-refractivity contribution in [2.24, 2.45) is 0 Å². The SMILES string of the molecule is CC[C@@H](NC(=O)c1cc(N)cc(Br)c1)C(=O)O.